The van der Waals surface area contributed by atoms with E-state index in [-0.39, 0.29) is 36.0 Å². The second-order valence-electron chi connectivity index (χ2n) is 16.6. The molecule has 1 saturated heterocycles. The fourth-order valence-corrected chi connectivity index (χ4v) is 7.76. The molecule has 0 saturated carbocycles. The molecule has 0 amide bonds. The fraction of sp³-hybridized carbons (Fsp3) is 0.787. The Hall–Kier alpha value is -1.43. The Morgan fingerprint density at radius 1 is 0.742 bits per heavy atom. The van der Waals surface area contributed by atoms with Crippen molar-refractivity contribution in [3.05, 3.63) is 48.0 Å². The Morgan fingerprint density at radius 3 is 1.73 bits per heavy atom. The number of aliphatic hydroxyl groups excluding tert-OH is 3. The van der Waals surface area contributed by atoms with Gasteiger partial charge in [0.15, 0.2) is 6.29 Å². The van der Waals surface area contributed by atoms with E-state index in [1.165, 1.54) is 109 Å². The average molecular weight is 906 g/mol. The quantitative estimate of drug-likeness (QED) is 0.0120. The van der Waals surface area contributed by atoms with Crippen LogP contribution in [0.1, 0.15) is 191 Å². The van der Waals surface area contributed by atoms with E-state index in [4.69, 9.17) is 18.8 Å². The molecule has 0 aliphatic carbocycles. The van der Waals surface area contributed by atoms with E-state index in [2.05, 4.69) is 23.0 Å². The number of allylic oxidation sites excluding steroid dienone is 1. The van der Waals surface area contributed by atoms with Gasteiger partial charge < -0.3 is 34.6 Å². The van der Waals surface area contributed by atoms with Crippen LogP contribution in [0.25, 0.3) is 0 Å². The number of carbonyl (C=O) groups is 1. The van der Waals surface area contributed by atoms with Gasteiger partial charge in [-0.3, -0.25) is 9.55 Å². The van der Waals surface area contributed by atoms with Gasteiger partial charge >= 0.3 is 45.9 Å². The number of carbonyl (C=O) groups excluding carboxylic acids is 1. The predicted molar refractivity (Wildman–Crippen MR) is 238 cm³/mol. The van der Waals surface area contributed by atoms with E-state index < -0.39 is 78.3 Å². The van der Waals surface area contributed by atoms with Gasteiger partial charge in [0.1, 0.15) is 36.6 Å². The van der Waals surface area contributed by atoms with Crippen molar-refractivity contribution in [2.75, 3.05) is 13.2 Å². The van der Waals surface area contributed by atoms with E-state index in [9.17, 15) is 33.6 Å². The summed E-state index contributed by atoms with van der Waals surface area (Å²) in [5.41, 5.74) is 0.300. The van der Waals surface area contributed by atoms with E-state index in [0.717, 1.165) is 38.5 Å². The molecule has 7 atom stereocenters. The van der Waals surface area contributed by atoms with Gasteiger partial charge in [0.25, 0.3) is 0 Å². The van der Waals surface area contributed by atoms with E-state index in [1.54, 1.807) is 36.4 Å². The molecule has 13 nitrogen and oxygen atoms in total. The molecule has 1 aliphatic rings. The summed E-state index contributed by atoms with van der Waals surface area (Å²) in [6, 6.07) is 7.33. The van der Waals surface area contributed by atoms with Crippen LogP contribution in [0.5, 0.6) is 0 Å². The molecule has 4 N–H and O–H groups in total. The summed E-state index contributed by atoms with van der Waals surface area (Å²) in [6.07, 6.45) is 23.3. The summed E-state index contributed by atoms with van der Waals surface area (Å²) >= 11 is 0. The number of hydrogen-bond donors (Lipinski definition) is 4. The smallest absolute Gasteiger partial charge is 0.862 e. The minimum absolute atomic E-state index is 0. The molecular weight excluding hydrogens is 826 g/mol. The summed E-state index contributed by atoms with van der Waals surface area (Å²) in [4.78, 5) is 17.8. The van der Waals surface area contributed by atoms with Crippen molar-refractivity contribution >= 4 is 22.3 Å². The number of rotatable bonds is 37. The zero-order chi connectivity index (χ0) is 44.6. The molecule has 62 heavy (non-hydrogen) atoms. The third-order valence-electron chi connectivity index (χ3n) is 11.2. The standard InChI is InChI=1S/C47H81NO12S.Na/c1-3-5-7-9-11-13-15-17-19-21-23-25-30-34-40(59-46(53)38-32-28-27-29-33-38)39(36-57-47-45(52)44(51)43(50)41(60-47)37-58-61(54,55)56)48-42(49)35-31-26-24-22-20-18-16-14-12-10-8-6-4-2;/h27-30,32-34,39-41,43-45,47,50-52H,3-26,31,35-37H2,1-2H3,(H,48,49)(H,54,55,56);/q;+1/p-1/b34-30+;/t39-,40+,41+,43-,44-,45+,47+;/m0./s1. The van der Waals surface area contributed by atoms with Gasteiger partial charge in [-0.15, -0.1) is 0 Å². The van der Waals surface area contributed by atoms with Crippen LogP contribution in [0, 0.1) is 0 Å². The van der Waals surface area contributed by atoms with Crippen molar-refractivity contribution in [2.45, 2.75) is 224 Å². The maximum Gasteiger partial charge on any atom is 1.00 e. The van der Waals surface area contributed by atoms with E-state index in [0.29, 0.717) is 18.4 Å². The first-order valence-corrected chi connectivity index (χ1v) is 24.9. The van der Waals surface area contributed by atoms with Crippen LogP contribution in [-0.2, 0) is 28.8 Å². The second kappa shape index (κ2) is 36.7. The van der Waals surface area contributed by atoms with Crippen molar-refractivity contribution < 1.29 is 86.1 Å². The van der Waals surface area contributed by atoms with Crippen molar-refractivity contribution in [1.29, 1.82) is 0 Å². The Labute approximate surface area is 396 Å². The monoisotopic (exact) mass is 906 g/mol. The van der Waals surface area contributed by atoms with Gasteiger partial charge in [-0.1, -0.05) is 179 Å². The summed E-state index contributed by atoms with van der Waals surface area (Å²) < 4.78 is 53.2. The number of esters is 1. The van der Waals surface area contributed by atoms with Crippen molar-refractivity contribution in [1.82, 2.24) is 0 Å². The molecule has 1 fully saturated rings. The Balaban J connectivity index is 0.0000192. The normalized spacial score (nSPS) is 20.5. The number of nitrogens with zero attached hydrogens (tertiary/aromatic N) is 1. The van der Waals surface area contributed by atoms with Crippen LogP contribution in [0.15, 0.2) is 47.5 Å². The summed E-state index contributed by atoms with van der Waals surface area (Å²) in [5, 5.41) is 45.1. The zero-order valence-corrected chi connectivity index (χ0v) is 41.1. The van der Waals surface area contributed by atoms with Gasteiger partial charge in [0, 0.05) is 0 Å². The molecular formula is C47H80NNaO12S. The fourth-order valence-electron chi connectivity index (χ4n) is 7.46. The molecule has 0 spiro atoms. The maximum atomic E-state index is 13.4. The van der Waals surface area contributed by atoms with Crippen molar-refractivity contribution in [3.8, 4) is 0 Å². The topological polar surface area (TPSA) is 204 Å². The van der Waals surface area contributed by atoms with Crippen LogP contribution in [0.3, 0.4) is 0 Å². The third kappa shape index (κ3) is 27.8. The Bertz CT molecular complexity index is 1420. The molecule has 1 aromatic carbocycles. The Morgan fingerprint density at radius 2 is 1.23 bits per heavy atom. The molecule has 0 aromatic heterocycles. The third-order valence-corrected chi connectivity index (χ3v) is 11.7. The number of unbranched alkanes of at least 4 members (excludes halogenated alkanes) is 23. The molecule has 1 aromatic rings. The van der Waals surface area contributed by atoms with E-state index >= 15 is 0 Å². The van der Waals surface area contributed by atoms with Crippen LogP contribution >= 0.6 is 0 Å². The molecule has 0 radical (unpaired) electrons. The minimum Gasteiger partial charge on any atom is -0.862 e. The van der Waals surface area contributed by atoms with Gasteiger partial charge in [0.05, 0.1) is 18.8 Å². The first-order chi connectivity index (χ1) is 29.5. The van der Waals surface area contributed by atoms with Gasteiger partial charge in [0.2, 0.25) is 0 Å². The first kappa shape index (κ1) is 58.6. The van der Waals surface area contributed by atoms with Crippen LogP contribution < -0.4 is 34.7 Å². The van der Waals surface area contributed by atoms with Gasteiger partial charge in [-0.2, -0.15) is 8.42 Å². The molecule has 352 valence electrons. The number of ether oxygens (including phenoxy) is 3. The van der Waals surface area contributed by atoms with Gasteiger partial charge in [-0.25, -0.2) is 8.98 Å². The summed E-state index contributed by atoms with van der Waals surface area (Å²) in [6.45, 7) is 3.16. The first-order valence-electron chi connectivity index (χ1n) is 23.6. The average Bonchev–Trinajstić information content (AvgIpc) is 3.24. The zero-order valence-electron chi connectivity index (χ0n) is 38.3. The molecule has 2 rings (SSSR count). The molecule has 1 aliphatic heterocycles. The molecule has 0 unspecified atom stereocenters. The summed E-state index contributed by atoms with van der Waals surface area (Å²) in [7, 11) is -4.91. The van der Waals surface area contributed by atoms with Crippen molar-refractivity contribution in [2.24, 2.45) is 4.99 Å². The number of aliphatic imine (C=N–C) groups is 1. The molecule has 15 heteroatoms. The predicted octanol–water partition coefficient (Wildman–Crippen LogP) is 5.73. The van der Waals surface area contributed by atoms with Crippen LogP contribution in [-0.4, -0.2) is 96.2 Å². The van der Waals surface area contributed by atoms with Crippen molar-refractivity contribution in [3.63, 3.8) is 0 Å². The molecule has 0 bridgehead atoms. The molecule has 1 heterocycles. The van der Waals surface area contributed by atoms with Crippen LogP contribution in [0.2, 0.25) is 0 Å². The summed E-state index contributed by atoms with van der Waals surface area (Å²) in [5.74, 6) is -1.04. The van der Waals surface area contributed by atoms with E-state index in [1.807, 2.05) is 6.08 Å². The van der Waals surface area contributed by atoms with Gasteiger partial charge in [-0.05, 0) is 49.8 Å². The largest absolute Gasteiger partial charge is 1.00 e. The van der Waals surface area contributed by atoms with Crippen LogP contribution in [0.4, 0.5) is 0 Å². The minimum atomic E-state index is -4.91. The number of hydrogen-bond acceptors (Lipinski definition) is 12. The maximum absolute atomic E-state index is 13.4. The SMILES string of the molecule is CCCCCCCCCCCCC/C=C/[C@@H](OC(=O)c1ccccc1)[C@H](CO[C@@H]1O[C@H](COS(=O)(=O)O)[C@H](O)[C@H](O)[C@H]1O)N=C([O-])CCCCCCCCCCCCCCC.[Na+]. The second-order valence-corrected chi connectivity index (χ2v) is 17.7. The Kier molecular flexibility index (Phi) is 34.7. The number of benzene rings is 1. The number of aliphatic hydroxyl groups is 3.